The van der Waals surface area contributed by atoms with E-state index in [0.717, 1.165) is 14.0 Å². The van der Waals surface area contributed by atoms with Gasteiger partial charge in [-0.1, -0.05) is 28.1 Å². The molecule has 0 unspecified atom stereocenters. The number of halogens is 1. The number of hydrogen-bond donors (Lipinski definition) is 1. The summed E-state index contributed by atoms with van der Waals surface area (Å²) in [5.74, 6) is -0.797. The van der Waals surface area contributed by atoms with Crippen molar-refractivity contribution in [3.05, 3.63) is 56.8 Å². The van der Waals surface area contributed by atoms with Crippen molar-refractivity contribution < 1.29 is 9.21 Å². The van der Waals surface area contributed by atoms with Crippen molar-refractivity contribution in [1.82, 2.24) is 9.78 Å². The number of carbonyl (C=O) groups is 1. The summed E-state index contributed by atoms with van der Waals surface area (Å²) in [6.45, 7) is -0.208. The Kier molecular flexibility index (Phi) is 4.21. The van der Waals surface area contributed by atoms with Gasteiger partial charge in [-0.3, -0.25) is 4.79 Å². The van der Waals surface area contributed by atoms with Gasteiger partial charge in [0.05, 0.1) is 4.88 Å². The lowest BCUT2D eigenvalue weighted by molar-refractivity contribution is -0.117. The van der Waals surface area contributed by atoms with Gasteiger partial charge >= 0.3 is 5.76 Å². The van der Waals surface area contributed by atoms with Gasteiger partial charge in [-0.05, 0) is 29.6 Å². The normalized spacial score (nSPS) is 10.6. The van der Waals surface area contributed by atoms with E-state index in [-0.39, 0.29) is 18.3 Å². The Bertz CT molecular complexity index is 854. The van der Waals surface area contributed by atoms with Crippen LogP contribution in [0.1, 0.15) is 0 Å². The second-order valence-electron chi connectivity index (χ2n) is 4.37. The van der Waals surface area contributed by atoms with Gasteiger partial charge < -0.3 is 9.73 Å². The molecule has 3 aromatic rings. The van der Waals surface area contributed by atoms with Crippen LogP contribution >= 0.6 is 27.3 Å². The molecule has 0 saturated heterocycles. The maximum atomic E-state index is 12.0. The quantitative estimate of drug-likeness (QED) is 0.755. The van der Waals surface area contributed by atoms with E-state index in [1.165, 1.54) is 11.3 Å². The number of benzene rings is 1. The SMILES string of the molecule is O=C(Cn1nc(-c2cccs2)oc1=O)Nc1cccc(Br)c1. The van der Waals surface area contributed by atoms with E-state index in [9.17, 15) is 9.59 Å². The lowest BCUT2D eigenvalue weighted by atomic mass is 10.3. The molecule has 1 aromatic carbocycles. The van der Waals surface area contributed by atoms with Gasteiger partial charge in [0.25, 0.3) is 5.89 Å². The average Bonchev–Trinajstić information content (AvgIpc) is 3.09. The van der Waals surface area contributed by atoms with Crippen LogP contribution < -0.4 is 11.1 Å². The van der Waals surface area contributed by atoms with Crippen LogP contribution in [-0.2, 0) is 11.3 Å². The molecule has 3 rings (SSSR count). The lowest BCUT2D eigenvalue weighted by Gasteiger charge is -2.04. The Morgan fingerprint density at radius 2 is 2.23 bits per heavy atom. The van der Waals surface area contributed by atoms with E-state index in [0.29, 0.717) is 5.69 Å². The van der Waals surface area contributed by atoms with Gasteiger partial charge in [0.15, 0.2) is 0 Å². The minimum absolute atomic E-state index is 0.208. The first-order valence-electron chi connectivity index (χ1n) is 6.29. The maximum absolute atomic E-state index is 12.0. The highest BCUT2D eigenvalue weighted by Gasteiger charge is 2.13. The van der Waals surface area contributed by atoms with E-state index in [2.05, 4.69) is 26.3 Å². The third kappa shape index (κ3) is 3.34. The molecule has 0 aliphatic rings. The van der Waals surface area contributed by atoms with Crippen LogP contribution in [0.4, 0.5) is 5.69 Å². The predicted octanol–water partition coefficient (Wildman–Crippen LogP) is 2.97. The number of aromatic nitrogens is 2. The highest BCUT2D eigenvalue weighted by Crippen LogP contribution is 2.21. The molecule has 1 amide bonds. The molecular formula is C14H10BrN3O3S. The topological polar surface area (TPSA) is 77.1 Å². The smallest absolute Gasteiger partial charge is 0.387 e. The van der Waals surface area contributed by atoms with E-state index in [4.69, 9.17) is 4.42 Å². The number of carbonyl (C=O) groups excluding carboxylic acids is 1. The molecule has 0 radical (unpaired) electrons. The summed E-state index contributed by atoms with van der Waals surface area (Å²) in [7, 11) is 0. The number of nitrogens with zero attached hydrogens (tertiary/aromatic N) is 2. The molecule has 1 N–H and O–H groups in total. The zero-order chi connectivity index (χ0) is 15.5. The van der Waals surface area contributed by atoms with Gasteiger partial charge in [0.2, 0.25) is 5.91 Å². The number of amides is 1. The van der Waals surface area contributed by atoms with E-state index in [1.54, 1.807) is 24.3 Å². The van der Waals surface area contributed by atoms with Crippen LogP contribution in [0.3, 0.4) is 0 Å². The van der Waals surface area contributed by atoms with Gasteiger partial charge in [-0.15, -0.1) is 16.4 Å². The van der Waals surface area contributed by atoms with Crippen LogP contribution in [0.2, 0.25) is 0 Å². The van der Waals surface area contributed by atoms with Gasteiger partial charge in [-0.25, -0.2) is 4.79 Å². The summed E-state index contributed by atoms with van der Waals surface area (Å²) >= 11 is 4.73. The van der Waals surface area contributed by atoms with Crippen LogP contribution in [-0.4, -0.2) is 15.7 Å². The molecule has 2 heterocycles. The van der Waals surface area contributed by atoms with Crippen molar-refractivity contribution >= 4 is 38.9 Å². The number of thiophene rings is 1. The predicted molar refractivity (Wildman–Crippen MR) is 86.8 cm³/mol. The largest absolute Gasteiger partial charge is 0.437 e. The molecule has 0 atom stereocenters. The first kappa shape index (κ1) is 14.7. The minimum atomic E-state index is -0.659. The molecule has 0 spiro atoms. The summed E-state index contributed by atoms with van der Waals surface area (Å²) in [6, 6.07) is 10.8. The van der Waals surface area contributed by atoms with Crippen LogP contribution in [0.25, 0.3) is 10.8 Å². The minimum Gasteiger partial charge on any atom is -0.387 e. The first-order valence-corrected chi connectivity index (χ1v) is 7.96. The summed E-state index contributed by atoms with van der Waals surface area (Å²) in [4.78, 5) is 24.4. The Morgan fingerprint density at radius 1 is 1.36 bits per heavy atom. The van der Waals surface area contributed by atoms with E-state index in [1.807, 2.05) is 17.5 Å². The van der Waals surface area contributed by atoms with Crippen molar-refractivity contribution in [2.75, 3.05) is 5.32 Å². The standard InChI is InChI=1S/C14H10BrN3O3S/c15-9-3-1-4-10(7-9)16-12(19)8-18-14(20)21-13(17-18)11-5-2-6-22-11/h1-7H,8H2,(H,16,19). The Balaban J connectivity index is 1.73. The van der Waals surface area contributed by atoms with Gasteiger partial charge in [0, 0.05) is 10.2 Å². The van der Waals surface area contributed by atoms with Crippen LogP contribution in [0.5, 0.6) is 0 Å². The summed E-state index contributed by atoms with van der Waals surface area (Å²) in [6.07, 6.45) is 0. The van der Waals surface area contributed by atoms with E-state index < -0.39 is 5.76 Å². The van der Waals surface area contributed by atoms with Crippen molar-refractivity contribution in [2.24, 2.45) is 0 Å². The first-order chi connectivity index (χ1) is 10.6. The zero-order valence-electron chi connectivity index (χ0n) is 11.2. The molecule has 6 nitrogen and oxygen atoms in total. The third-order valence-electron chi connectivity index (χ3n) is 2.74. The second-order valence-corrected chi connectivity index (χ2v) is 6.23. The summed E-state index contributed by atoms with van der Waals surface area (Å²) in [5.41, 5.74) is 0.634. The lowest BCUT2D eigenvalue weighted by Crippen LogP contribution is -2.25. The Morgan fingerprint density at radius 3 is 2.95 bits per heavy atom. The number of hydrogen-bond acceptors (Lipinski definition) is 5. The van der Waals surface area contributed by atoms with Crippen LogP contribution in [0.15, 0.2) is 55.5 Å². The highest BCUT2D eigenvalue weighted by molar-refractivity contribution is 9.10. The van der Waals surface area contributed by atoms with Crippen molar-refractivity contribution in [2.45, 2.75) is 6.54 Å². The molecule has 8 heteroatoms. The Labute approximate surface area is 137 Å². The average molecular weight is 380 g/mol. The number of rotatable bonds is 4. The second kappa shape index (κ2) is 6.29. The van der Waals surface area contributed by atoms with Crippen LogP contribution in [0, 0.1) is 0 Å². The summed E-state index contributed by atoms with van der Waals surface area (Å²) < 4.78 is 6.90. The Hall–Kier alpha value is -2.19. The fourth-order valence-corrected chi connectivity index (χ4v) is 2.85. The molecule has 0 aliphatic heterocycles. The number of nitrogens with one attached hydrogen (secondary N) is 1. The maximum Gasteiger partial charge on any atom is 0.437 e. The molecule has 2 aromatic heterocycles. The fourth-order valence-electron chi connectivity index (χ4n) is 1.81. The van der Waals surface area contributed by atoms with Gasteiger partial charge in [0.1, 0.15) is 6.54 Å². The molecule has 0 saturated carbocycles. The molecule has 0 aliphatic carbocycles. The third-order valence-corrected chi connectivity index (χ3v) is 4.09. The molecule has 22 heavy (non-hydrogen) atoms. The highest BCUT2D eigenvalue weighted by atomic mass is 79.9. The molecule has 112 valence electrons. The molecule has 0 bridgehead atoms. The van der Waals surface area contributed by atoms with Crippen molar-refractivity contribution in [3.8, 4) is 10.8 Å². The van der Waals surface area contributed by atoms with Crippen molar-refractivity contribution in [1.29, 1.82) is 0 Å². The number of anilines is 1. The van der Waals surface area contributed by atoms with Gasteiger partial charge in [-0.2, -0.15) is 4.68 Å². The molecular weight excluding hydrogens is 370 g/mol. The monoisotopic (exact) mass is 379 g/mol. The zero-order valence-corrected chi connectivity index (χ0v) is 13.6. The summed E-state index contributed by atoms with van der Waals surface area (Å²) in [5, 5.41) is 8.58. The van der Waals surface area contributed by atoms with Crippen molar-refractivity contribution in [3.63, 3.8) is 0 Å². The van der Waals surface area contributed by atoms with E-state index >= 15 is 0 Å². The fraction of sp³-hybridized carbons (Fsp3) is 0.0714. The molecule has 0 fully saturated rings.